The van der Waals surface area contributed by atoms with E-state index in [1.807, 2.05) is 46.9 Å². The van der Waals surface area contributed by atoms with Gasteiger partial charge in [-0.25, -0.2) is 9.78 Å². The summed E-state index contributed by atoms with van der Waals surface area (Å²) in [4.78, 5) is 30.5. The summed E-state index contributed by atoms with van der Waals surface area (Å²) in [5.74, 6) is 1.17. The molecule has 0 saturated heterocycles. The third-order valence-electron chi connectivity index (χ3n) is 5.68. The maximum atomic E-state index is 12.9. The number of aromatic nitrogens is 4. The molecule has 0 N–H and O–H groups in total. The van der Waals surface area contributed by atoms with Crippen LogP contribution in [0.5, 0.6) is 11.5 Å². The zero-order valence-corrected chi connectivity index (χ0v) is 17.5. The molecule has 0 aliphatic rings. The Labute approximate surface area is 176 Å². The molecule has 0 aliphatic heterocycles. The van der Waals surface area contributed by atoms with Gasteiger partial charge in [-0.1, -0.05) is 12.1 Å². The zero-order chi connectivity index (χ0) is 21.9. The number of nitrogens with zero attached hydrogens (tertiary/aromatic N) is 4. The fourth-order valence-corrected chi connectivity index (χ4v) is 4.12. The average molecular weight is 416 g/mol. The summed E-state index contributed by atoms with van der Waals surface area (Å²) in [5.41, 5.74) is 3.50. The second-order valence-corrected chi connectivity index (χ2v) is 7.33. The van der Waals surface area contributed by atoms with Crippen LogP contribution in [-0.2, 0) is 14.1 Å². The largest absolute Gasteiger partial charge is 0.493 e. The van der Waals surface area contributed by atoms with E-state index in [1.54, 1.807) is 27.5 Å². The summed E-state index contributed by atoms with van der Waals surface area (Å²) in [6.45, 7) is 0. The number of para-hydroxylation sites is 2. The van der Waals surface area contributed by atoms with Crippen molar-refractivity contribution in [1.29, 1.82) is 0 Å². The van der Waals surface area contributed by atoms with Gasteiger partial charge in [-0.2, -0.15) is 0 Å². The van der Waals surface area contributed by atoms with Crippen molar-refractivity contribution in [3.05, 3.63) is 69.5 Å². The first-order valence-corrected chi connectivity index (χ1v) is 9.68. The van der Waals surface area contributed by atoms with E-state index >= 15 is 0 Å². The molecule has 0 saturated carbocycles. The van der Waals surface area contributed by atoms with Crippen molar-refractivity contribution in [2.45, 2.75) is 0 Å². The summed E-state index contributed by atoms with van der Waals surface area (Å²) in [6, 6.07) is 13.2. The van der Waals surface area contributed by atoms with E-state index < -0.39 is 5.69 Å². The highest BCUT2D eigenvalue weighted by molar-refractivity contribution is 6.04. The van der Waals surface area contributed by atoms with Gasteiger partial charge in [-0.3, -0.25) is 13.9 Å². The van der Waals surface area contributed by atoms with Crippen molar-refractivity contribution in [2.24, 2.45) is 14.1 Å². The molecule has 8 heteroatoms. The summed E-state index contributed by atoms with van der Waals surface area (Å²) < 4.78 is 15.4. The van der Waals surface area contributed by atoms with Crippen LogP contribution in [0.25, 0.3) is 38.7 Å². The van der Waals surface area contributed by atoms with Gasteiger partial charge < -0.3 is 13.9 Å². The minimum absolute atomic E-state index is 0.343. The smallest absolute Gasteiger partial charge is 0.331 e. The Kier molecular flexibility index (Phi) is 4.11. The van der Waals surface area contributed by atoms with Crippen molar-refractivity contribution in [2.75, 3.05) is 14.2 Å². The fraction of sp³-hybridized carbons (Fsp3) is 0.174. The van der Waals surface area contributed by atoms with Crippen molar-refractivity contribution in [3.8, 4) is 22.8 Å². The van der Waals surface area contributed by atoms with Crippen LogP contribution >= 0.6 is 0 Å². The molecule has 0 bridgehead atoms. The molecular formula is C23H20N4O4. The molecule has 0 radical (unpaired) electrons. The van der Waals surface area contributed by atoms with Crippen LogP contribution in [0.15, 0.2) is 58.3 Å². The molecule has 0 spiro atoms. The summed E-state index contributed by atoms with van der Waals surface area (Å²) in [7, 11) is 6.30. The van der Waals surface area contributed by atoms with Crippen LogP contribution in [0.1, 0.15) is 0 Å². The summed E-state index contributed by atoms with van der Waals surface area (Å²) >= 11 is 0. The Bertz CT molecular complexity index is 1630. The molecule has 8 nitrogen and oxygen atoms in total. The molecule has 0 fully saturated rings. The third kappa shape index (κ3) is 2.58. The molecule has 0 unspecified atom stereocenters. The standard InChI is InChI=1S/C23H20N4O4/c1-25-20-14(22(28)26(2)23(25)29)12-27-16-8-6-5-7-15(16)24-19(21(20)27)13-9-10-17(30-3)18(11-13)31-4/h5-12H,1-4H3. The van der Waals surface area contributed by atoms with E-state index in [0.717, 1.165) is 21.2 Å². The SMILES string of the molecule is COc1ccc(-c2nc3ccccc3n3cc4c(=O)n(C)c(=O)n(C)c4c23)cc1OC. The first kappa shape index (κ1) is 18.9. The molecule has 5 rings (SSSR count). The molecule has 0 atom stereocenters. The van der Waals surface area contributed by atoms with Gasteiger partial charge >= 0.3 is 5.69 Å². The van der Waals surface area contributed by atoms with Crippen molar-refractivity contribution in [1.82, 2.24) is 18.5 Å². The van der Waals surface area contributed by atoms with E-state index in [2.05, 4.69) is 0 Å². The van der Waals surface area contributed by atoms with E-state index in [0.29, 0.717) is 33.6 Å². The fourth-order valence-electron chi connectivity index (χ4n) is 4.12. The molecule has 5 aromatic rings. The first-order valence-electron chi connectivity index (χ1n) is 9.68. The van der Waals surface area contributed by atoms with E-state index in [1.165, 1.54) is 11.6 Å². The van der Waals surface area contributed by atoms with Gasteiger partial charge in [-0.15, -0.1) is 0 Å². The molecule has 156 valence electrons. The van der Waals surface area contributed by atoms with Crippen LogP contribution in [0.3, 0.4) is 0 Å². The highest BCUT2D eigenvalue weighted by Gasteiger charge is 2.20. The van der Waals surface area contributed by atoms with E-state index in [9.17, 15) is 9.59 Å². The first-order chi connectivity index (χ1) is 15.0. The number of methoxy groups -OCH3 is 2. The maximum absolute atomic E-state index is 12.9. The Balaban J connectivity index is 2.04. The molecule has 3 aromatic heterocycles. The Morgan fingerprint density at radius 3 is 2.35 bits per heavy atom. The van der Waals surface area contributed by atoms with Gasteiger partial charge in [0, 0.05) is 25.9 Å². The summed E-state index contributed by atoms with van der Waals surface area (Å²) in [5, 5.41) is 0.449. The van der Waals surface area contributed by atoms with Gasteiger partial charge in [0.25, 0.3) is 5.56 Å². The van der Waals surface area contributed by atoms with Crippen molar-refractivity contribution in [3.63, 3.8) is 0 Å². The second kappa shape index (κ2) is 6.73. The molecule has 0 aliphatic carbocycles. The quantitative estimate of drug-likeness (QED) is 0.452. The Morgan fingerprint density at radius 2 is 1.61 bits per heavy atom. The van der Waals surface area contributed by atoms with Gasteiger partial charge in [0.1, 0.15) is 0 Å². The highest BCUT2D eigenvalue weighted by atomic mass is 16.5. The lowest BCUT2D eigenvalue weighted by Crippen LogP contribution is -2.36. The lowest BCUT2D eigenvalue weighted by atomic mass is 10.1. The molecular weight excluding hydrogens is 396 g/mol. The van der Waals surface area contributed by atoms with Gasteiger partial charge in [0.2, 0.25) is 0 Å². The second-order valence-electron chi connectivity index (χ2n) is 7.33. The molecule has 0 amide bonds. The number of hydrogen-bond donors (Lipinski definition) is 0. The summed E-state index contributed by atoms with van der Waals surface area (Å²) in [6.07, 6.45) is 1.78. The third-order valence-corrected chi connectivity index (χ3v) is 5.68. The number of fused-ring (bicyclic) bond motifs is 5. The lowest BCUT2D eigenvalue weighted by molar-refractivity contribution is 0.355. The number of rotatable bonds is 3. The average Bonchev–Trinajstić information content (AvgIpc) is 3.21. The van der Waals surface area contributed by atoms with Crippen molar-refractivity contribution < 1.29 is 9.47 Å². The van der Waals surface area contributed by atoms with E-state index in [-0.39, 0.29) is 5.56 Å². The Hall–Kier alpha value is -4.07. The number of ether oxygens (including phenoxy) is 2. The topological polar surface area (TPSA) is 79.8 Å². The van der Waals surface area contributed by atoms with Gasteiger partial charge in [0.05, 0.1) is 47.4 Å². The molecule has 3 heterocycles. The Morgan fingerprint density at radius 1 is 0.871 bits per heavy atom. The molecule has 31 heavy (non-hydrogen) atoms. The van der Waals surface area contributed by atoms with Crippen LogP contribution in [0, 0.1) is 0 Å². The van der Waals surface area contributed by atoms with E-state index in [4.69, 9.17) is 14.5 Å². The highest BCUT2D eigenvalue weighted by Crippen LogP contribution is 2.36. The lowest BCUT2D eigenvalue weighted by Gasteiger charge is -2.13. The van der Waals surface area contributed by atoms with Crippen LogP contribution in [0.4, 0.5) is 0 Å². The normalized spacial score (nSPS) is 11.5. The van der Waals surface area contributed by atoms with Crippen LogP contribution in [-0.4, -0.2) is 32.7 Å². The van der Waals surface area contributed by atoms with Gasteiger partial charge in [0.15, 0.2) is 11.5 Å². The predicted molar refractivity (Wildman–Crippen MR) is 119 cm³/mol. The minimum Gasteiger partial charge on any atom is -0.493 e. The number of hydrogen-bond acceptors (Lipinski definition) is 5. The maximum Gasteiger partial charge on any atom is 0.331 e. The van der Waals surface area contributed by atoms with Crippen LogP contribution in [0.2, 0.25) is 0 Å². The monoisotopic (exact) mass is 416 g/mol. The minimum atomic E-state index is -0.392. The van der Waals surface area contributed by atoms with Gasteiger partial charge in [-0.05, 0) is 30.3 Å². The molecule has 2 aromatic carbocycles. The number of aryl methyl sites for hydroxylation is 1. The number of benzene rings is 2. The predicted octanol–water partition coefficient (Wildman–Crippen LogP) is 2.72. The van der Waals surface area contributed by atoms with Crippen molar-refractivity contribution >= 4 is 27.5 Å². The zero-order valence-electron chi connectivity index (χ0n) is 17.5. The van der Waals surface area contributed by atoms with Crippen LogP contribution < -0.4 is 20.7 Å².